The van der Waals surface area contributed by atoms with Crippen molar-refractivity contribution in [3.63, 3.8) is 0 Å². The van der Waals surface area contributed by atoms with Crippen LogP contribution in [0.4, 0.5) is 5.69 Å². The zero-order valence-corrected chi connectivity index (χ0v) is 23.8. The molecule has 1 atom stereocenters. The van der Waals surface area contributed by atoms with Crippen LogP contribution in [0.2, 0.25) is 0 Å². The number of methoxy groups -OCH3 is 2. The first-order valence-electron chi connectivity index (χ1n) is 13.6. The summed E-state index contributed by atoms with van der Waals surface area (Å²) in [6.07, 6.45) is 4.61. The Kier molecular flexibility index (Phi) is 9.73. The van der Waals surface area contributed by atoms with Crippen LogP contribution in [-0.4, -0.2) is 78.5 Å². The minimum atomic E-state index is -1.22. The lowest BCUT2D eigenvalue weighted by Gasteiger charge is -2.44. The molecule has 0 radical (unpaired) electrons. The molecule has 1 heterocycles. The summed E-state index contributed by atoms with van der Waals surface area (Å²) in [6, 6.07) is 14.9. The molecule has 0 aromatic heterocycles. The molecule has 2 aliphatic rings. The monoisotopic (exact) mass is 529 g/mol. The number of rotatable bonds is 10. The maximum atomic E-state index is 13.5. The van der Waals surface area contributed by atoms with Gasteiger partial charge in [0.25, 0.3) is 0 Å². The highest BCUT2D eigenvalue weighted by molar-refractivity contribution is 7.82. The number of piperazine rings is 1. The molecule has 1 aliphatic carbocycles. The summed E-state index contributed by atoms with van der Waals surface area (Å²) in [5.74, 6) is 2.25. The minimum absolute atomic E-state index is 0.168. The Morgan fingerprint density at radius 1 is 0.919 bits per heavy atom. The van der Waals surface area contributed by atoms with E-state index >= 15 is 0 Å². The molecule has 0 spiro atoms. The van der Waals surface area contributed by atoms with Crippen LogP contribution >= 0.6 is 0 Å². The maximum absolute atomic E-state index is 13.5. The molecular formula is C29H43N3O4S. The number of anilines is 1. The molecule has 0 N–H and O–H groups in total. The van der Waals surface area contributed by atoms with Gasteiger partial charge in [-0.1, -0.05) is 19.1 Å². The van der Waals surface area contributed by atoms with Gasteiger partial charge in [0, 0.05) is 50.9 Å². The molecule has 0 bridgehead atoms. The van der Waals surface area contributed by atoms with E-state index in [-0.39, 0.29) is 6.10 Å². The van der Waals surface area contributed by atoms with Gasteiger partial charge in [0.1, 0.15) is 16.7 Å². The molecule has 0 amide bonds. The number of hydrogen-bond acceptors (Lipinski definition) is 6. The smallest absolute Gasteiger partial charge is 0.161 e. The summed E-state index contributed by atoms with van der Waals surface area (Å²) >= 11 is 0. The molecule has 1 saturated heterocycles. The Bertz CT molecular complexity index is 1030. The first-order valence-corrected chi connectivity index (χ1v) is 14.7. The van der Waals surface area contributed by atoms with Crippen LogP contribution in [0.3, 0.4) is 0 Å². The van der Waals surface area contributed by atoms with Gasteiger partial charge in [-0.05, 0) is 63.8 Å². The fraction of sp³-hybridized carbons (Fsp3) is 0.586. The third kappa shape index (κ3) is 6.59. The van der Waals surface area contributed by atoms with E-state index in [1.807, 2.05) is 24.3 Å². The summed E-state index contributed by atoms with van der Waals surface area (Å²) < 4.78 is 32.5. The number of hydrogen-bond donors (Lipinski definition) is 0. The molecule has 1 aliphatic heterocycles. The van der Waals surface area contributed by atoms with E-state index in [1.165, 1.54) is 5.69 Å². The zero-order chi connectivity index (χ0) is 26.4. The lowest BCUT2D eigenvalue weighted by atomic mass is 9.89. The van der Waals surface area contributed by atoms with E-state index in [0.29, 0.717) is 23.6 Å². The first-order chi connectivity index (χ1) is 17.9. The summed E-state index contributed by atoms with van der Waals surface area (Å²) in [7, 11) is 2.00. The molecule has 4 rings (SSSR count). The molecule has 1 unspecified atom stereocenters. The molecule has 2 aromatic carbocycles. The van der Waals surface area contributed by atoms with Crippen LogP contribution < -0.4 is 19.1 Å². The molecule has 2 aromatic rings. The van der Waals surface area contributed by atoms with E-state index in [4.69, 9.17) is 14.2 Å². The largest absolute Gasteiger partial charge is 0.493 e. The fourth-order valence-electron chi connectivity index (χ4n) is 5.68. The van der Waals surface area contributed by atoms with E-state index in [1.54, 1.807) is 14.2 Å². The quantitative estimate of drug-likeness (QED) is 0.433. The molecule has 7 nitrogen and oxygen atoms in total. The summed E-state index contributed by atoms with van der Waals surface area (Å²) in [6.45, 7) is 11.2. The normalized spacial score (nSPS) is 21.8. The molecule has 37 heavy (non-hydrogen) atoms. The maximum Gasteiger partial charge on any atom is 0.161 e. The summed E-state index contributed by atoms with van der Waals surface area (Å²) in [5, 5.41) is 0. The van der Waals surface area contributed by atoms with Crippen molar-refractivity contribution in [3.05, 3.63) is 42.5 Å². The number of para-hydroxylation sites is 2. The van der Waals surface area contributed by atoms with Crippen molar-refractivity contribution in [3.8, 4) is 17.2 Å². The predicted molar refractivity (Wildman–Crippen MR) is 150 cm³/mol. The third-order valence-corrected chi connectivity index (χ3v) is 9.19. The van der Waals surface area contributed by atoms with Gasteiger partial charge in [-0.15, -0.1) is 0 Å². The summed E-state index contributed by atoms with van der Waals surface area (Å²) in [5.41, 5.74) is 1.20. The summed E-state index contributed by atoms with van der Waals surface area (Å²) in [4.78, 5) is 5.89. The third-order valence-electron chi connectivity index (χ3n) is 7.55. The van der Waals surface area contributed by atoms with Crippen molar-refractivity contribution in [2.24, 2.45) is 0 Å². The van der Waals surface area contributed by atoms with Gasteiger partial charge in [-0.25, -0.2) is 8.51 Å². The number of ether oxygens (including phenoxy) is 3. The second-order valence-corrected chi connectivity index (χ2v) is 11.6. The number of nitrogens with zero attached hydrogens (tertiary/aromatic N) is 3. The van der Waals surface area contributed by atoms with Gasteiger partial charge in [0.15, 0.2) is 11.5 Å². The minimum Gasteiger partial charge on any atom is -0.493 e. The Labute approximate surface area is 225 Å². The standard InChI is InChI=1S/C29H43N3O4S/c1-6-32(37(33)25-15-16-28(34-4)29(21-25)35-5)24-13-11-23(12-14-24)30-17-19-31(20-18-30)26-9-7-8-10-27(26)36-22(2)3/h7-10,15-16,21-24H,6,11-14,17-20H2,1-5H3. The average Bonchev–Trinajstić information content (AvgIpc) is 2.93. The second-order valence-electron chi connectivity index (χ2n) is 10.1. The van der Waals surface area contributed by atoms with Crippen LogP contribution in [0, 0.1) is 0 Å². The van der Waals surface area contributed by atoms with E-state index in [9.17, 15) is 4.21 Å². The van der Waals surface area contributed by atoms with Crippen LogP contribution in [0.15, 0.2) is 47.4 Å². The van der Waals surface area contributed by atoms with Crippen molar-refractivity contribution in [2.75, 3.05) is 51.8 Å². The van der Waals surface area contributed by atoms with Crippen molar-refractivity contribution in [1.82, 2.24) is 9.21 Å². The Hall–Kier alpha value is -2.29. The first kappa shape index (κ1) is 27.7. The van der Waals surface area contributed by atoms with Gasteiger partial charge in [-0.2, -0.15) is 0 Å². The van der Waals surface area contributed by atoms with Crippen molar-refractivity contribution in [2.45, 2.75) is 69.5 Å². The highest BCUT2D eigenvalue weighted by Crippen LogP contribution is 2.34. The van der Waals surface area contributed by atoms with Crippen LogP contribution in [0.1, 0.15) is 46.5 Å². The van der Waals surface area contributed by atoms with E-state index < -0.39 is 11.0 Å². The van der Waals surface area contributed by atoms with Gasteiger partial charge in [-0.3, -0.25) is 4.90 Å². The van der Waals surface area contributed by atoms with Crippen LogP contribution in [-0.2, 0) is 11.0 Å². The highest BCUT2D eigenvalue weighted by Gasteiger charge is 2.33. The van der Waals surface area contributed by atoms with Gasteiger partial charge < -0.3 is 19.1 Å². The zero-order valence-electron chi connectivity index (χ0n) is 23.0. The van der Waals surface area contributed by atoms with Gasteiger partial charge in [0.2, 0.25) is 0 Å². The molecule has 8 heteroatoms. The molecule has 204 valence electrons. The fourth-order valence-corrected chi connectivity index (χ4v) is 7.06. The van der Waals surface area contributed by atoms with Crippen molar-refractivity contribution < 1.29 is 18.4 Å². The van der Waals surface area contributed by atoms with E-state index in [0.717, 1.165) is 69.1 Å². The number of benzene rings is 2. The van der Waals surface area contributed by atoms with Crippen LogP contribution in [0.5, 0.6) is 17.2 Å². The van der Waals surface area contributed by atoms with Gasteiger partial charge in [0.05, 0.1) is 30.9 Å². The highest BCUT2D eigenvalue weighted by atomic mass is 32.2. The SMILES string of the molecule is CCN(C1CCC(N2CCN(c3ccccc3OC(C)C)CC2)CC1)S(=O)c1ccc(OC)c(OC)c1. The van der Waals surface area contributed by atoms with Crippen molar-refractivity contribution in [1.29, 1.82) is 0 Å². The lowest BCUT2D eigenvalue weighted by Crippen LogP contribution is -2.52. The Balaban J connectivity index is 1.32. The molecule has 1 saturated carbocycles. The second kappa shape index (κ2) is 13.0. The predicted octanol–water partition coefficient (Wildman–Crippen LogP) is 4.97. The molecule has 2 fully saturated rings. The Morgan fingerprint density at radius 2 is 1.59 bits per heavy atom. The topological polar surface area (TPSA) is 54.5 Å². The van der Waals surface area contributed by atoms with Gasteiger partial charge >= 0.3 is 0 Å². The van der Waals surface area contributed by atoms with E-state index in [2.05, 4.69) is 53.1 Å². The molecular weight excluding hydrogens is 486 g/mol. The lowest BCUT2D eigenvalue weighted by molar-refractivity contribution is 0.122. The van der Waals surface area contributed by atoms with Crippen molar-refractivity contribution >= 4 is 16.7 Å². The van der Waals surface area contributed by atoms with Crippen LogP contribution in [0.25, 0.3) is 0 Å². The average molecular weight is 530 g/mol. The Morgan fingerprint density at radius 3 is 2.22 bits per heavy atom.